The fourth-order valence-electron chi connectivity index (χ4n) is 3.37. The van der Waals surface area contributed by atoms with Gasteiger partial charge in [0.05, 0.1) is 6.04 Å². The van der Waals surface area contributed by atoms with Gasteiger partial charge in [0.25, 0.3) is 0 Å². The highest BCUT2D eigenvalue weighted by Crippen LogP contribution is 2.23. The van der Waals surface area contributed by atoms with E-state index < -0.39 is 0 Å². The van der Waals surface area contributed by atoms with Crippen LogP contribution in [-0.2, 0) is 4.79 Å². The fourth-order valence-corrected chi connectivity index (χ4v) is 3.37. The highest BCUT2D eigenvalue weighted by atomic mass is 16.2. The van der Waals surface area contributed by atoms with Crippen LogP contribution in [0.5, 0.6) is 0 Å². The molecule has 5 nitrogen and oxygen atoms in total. The summed E-state index contributed by atoms with van der Waals surface area (Å²) >= 11 is 0. The lowest BCUT2D eigenvalue weighted by Crippen LogP contribution is -2.40. The molecule has 25 heavy (non-hydrogen) atoms. The van der Waals surface area contributed by atoms with Crippen LogP contribution < -0.4 is 15.5 Å². The van der Waals surface area contributed by atoms with Gasteiger partial charge in [-0.05, 0) is 44.0 Å². The zero-order chi connectivity index (χ0) is 18.0. The van der Waals surface area contributed by atoms with Crippen molar-refractivity contribution in [3.05, 3.63) is 59.2 Å². The summed E-state index contributed by atoms with van der Waals surface area (Å²) in [5.74, 6) is 0.0270. The molecule has 2 aromatic rings. The smallest absolute Gasteiger partial charge is 0.319 e. The molecule has 1 atom stereocenters. The van der Waals surface area contributed by atoms with Crippen molar-refractivity contribution >= 4 is 23.3 Å². The van der Waals surface area contributed by atoms with E-state index in [1.54, 1.807) is 4.90 Å². The molecule has 2 aromatic carbocycles. The molecule has 3 rings (SSSR count). The van der Waals surface area contributed by atoms with Gasteiger partial charge in [-0.15, -0.1) is 0 Å². The third-order valence-electron chi connectivity index (χ3n) is 4.44. The molecule has 130 valence electrons. The van der Waals surface area contributed by atoms with E-state index in [2.05, 4.69) is 10.6 Å². The minimum absolute atomic E-state index is 0.0270. The van der Waals surface area contributed by atoms with E-state index >= 15 is 0 Å². The summed E-state index contributed by atoms with van der Waals surface area (Å²) in [5.41, 5.74) is 4.91. The number of anilines is 2. The Balaban J connectivity index is 1.64. The van der Waals surface area contributed by atoms with Gasteiger partial charge in [-0.25, -0.2) is 4.79 Å². The first-order valence-electron chi connectivity index (χ1n) is 8.45. The van der Waals surface area contributed by atoms with Crippen molar-refractivity contribution < 1.29 is 9.59 Å². The molecule has 0 radical (unpaired) electrons. The lowest BCUT2D eigenvalue weighted by Gasteiger charge is -2.18. The Morgan fingerprint density at radius 2 is 1.72 bits per heavy atom. The van der Waals surface area contributed by atoms with E-state index in [9.17, 15) is 9.59 Å². The predicted molar refractivity (Wildman–Crippen MR) is 100 cm³/mol. The summed E-state index contributed by atoms with van der Waals surface area (Å²) < 4.78 is 0. The molecule has 5 heteroatoms. The Kier molecular flexibility index (Phi) is 4.74. The van der Waals surface area contributed by atoms with Crippen LogP contribution in [0, 0.1) is 20.8 Å². The molecule has 0 saturated carbocycles. The molecule has 1 heterocycles. The third-order valence-corrected chi connectivity index (χ3v) is 4.44. The predicted octanol–water partition coefficient (Wildman–Crippen LogP) is 3.54. The fraction of sp³-hybridized carbons (Fsp3) is 0.300. The van der Waals surface area contributed by atoms with Gasteiger partial charge < -0.3 is 15.5 Å². The topological polar surface area (TPSA) is 61.4 Å². The molecule has 0 spiro atoms. The molecule has 1 unspecified atom stereocenters. The van der Waals surface area contributed by atoms with Crippen LogP contribution in [0.1, 0.15) is 23.1 Å². The quantitative estimate of drug-likeness (QED) is 0.900. The number of carbonyl (C=O) groups excluding carboxylic acids is 2. The van der Waals surface area contributed by atoms with Gasteiger partial charge in [0, 0.05) is 24.3 Å². The molecule has 0 aromatic heterocycles. The van der Waals surface area contributed by atoms with E-state index in [1.165, 1.54) is 5.56 Å². The lowest BCUT2D eigenvalue weighted by molar-refractivity contribution is -0.117. The van der Waals surface area contributed by atoms with Crippen molar-refractivity contribution in [3.8, 4) is 0 Å². The zero-order valence-corrected chi connectivity index (χ0v) is 14.8. The molecular weight excluding hydrogens is 314 g/mol. The van der Waals surface area contributed by atoms with Gasteiger partial charge in [-0.3, -0.25) is 4.79 Å². The highest BCUT2D eigenvalue weighted by Gasteiger charge is 2.31. The summed E-state index contributed by atoms with van der Waals surface area (Å²) in [6, 6.07) is 13.1. The Bertz CT molecular complexity index is 779. The third kappa shape index (κ3) is 3.82. The summed E-state index contributed by atoms with van der Waals surface area (Å²) in [6.07, 6.45) is 0.314. The first kappa shape index (κ1) is 17.0. The van der Waals surface area contributed by atoms with Crippen LogP contribution >= 0.6 is 0 Å². The maximum Gasteiger partial charge on any atom is 0.319 e. The Morgan fingerprint density at radius 3 is 2.36 bits per heavy atom. The molecule has 3 amide bonds. The van der Waals surface area contributed by atoms with Crippen LogP contribution in [-0.4, -0.2) is 24.5 Å². The Hall–Kier alpha value is -2.82. The summed E-state index contributed by atoms with van der Waals surface area (Å²) in [4.78, 5) is 26.3. The standard InChI is InChI=1S/C20H23N3O2/c1-13-9-14(2)19(15(3)10-13)22-20(25)21-16-11-18(24)23(12-16)17-7-5-4-6-8-17/h4-10,16H,11-12H2,1-3H3,(H2,21,22,25). The second kappa shape index (κ2) is 6.97. The molecule has 0 aliphatic carbocycles. The molecule has 1 aliphatic rings. The minimum Gasteiger partial charge on any atom is -0.333 e. The number of nitrogens with one attached hydrogen (secondary N) is 2. The van der Waals surface area contributed by atoms with E-state index in [-0.39, 0.29) is 18.0 Å². The molecule has 1 saturated heterocycles. The van der Waals surface area contributed by atoms with E-state index in [4.69, 9.17) is 0 Å². The van der Waals surface area contributed by atoms with Crippen molar-refractivity contribution in [2.24, 2.45) is 0 Å². The van der Waals surface area contributed by atoms with E-state index in [0.29, 0.717) is 13.0 Å². The second-order valence-corrected chi connectivity index (χ2v) is 6.61. The summed E-state index contributed by atoms with van der Waals surface area (Å²) in [5, 5.41) is 5.84. The van der Waals surface area contributed by atoms with Gasteiger partial charge in [0.1, 0.15) is 0 Å². The highest BCUT2D eigenvalue weighted by molar-refractivity contribution is 5.98. The first-order chi connectivity index (χ1) is 11.9. The monoisotopic (exact) mass is 337 g/mol. The number of carbonyl (C=O) groups is 2. The maximum absolute atomic E-state index is 12.4. The van der Waals surface area contributed by atoms with Gasteiger partial charge in [0.2, 0.25) is 5.91 Å². The van der Waals surface area contributed by atoms with Crippen molar-refractivity contribution in [2.45, 2.75) is 33.2 Å². The van der Waals surface area contributed by atoms with Crippen LogP contribution in [0.3, 0.4) is 0 Å². The first-order valence-corrected chi connectivity index (χ1v) is 8.45. The zero-order valence-electron chi connectivity index (χ0n) is 14.8. The van der Waals surface area contributed by atoms with Gasteiger partial charge in [-0.1, -0.05) is 35.9 Å². The van der Waals surface area contributed by atoms with Gasteiger partial charge in [-0.2, -0.15) is 0 Å². The Morgan fingerprint density at radius 1 is 1.08 bits per heavy atom. The van der Waals surface area contributed by atoms with Crippen molar-refractivity contribution in [2.75, 3.05) is 16.8 Å². The van der Waals surface area contributed by atoms with Crippen molar-refractivity contribution in [3.63, 3.8) is 0 Å². The number of hydrogen-bond acceptors (Lipinski definition) is 2. The summed E-state index contributed by atoms with van der Waals surface area (Å²) in [6.45, 7) is 6.48. The average molecular weight is 337 g/mol. The Labute approximate surface area is 148 Å². The van der Waals surface area contributed by atoms with E-state index in [0.717, 1.165) is 22.5 Å². The van der Waals surface area contributed by atoms with Crippen LogP contribution in [0.15, 0.2) is 42.5 Å². The van der Waals surface area contributed by atoms with Crippen LogP contribution in [0.2, 0.25) is 0 Å². The molecule has 2 N–H and O–H groups in total. The number of amides is 3. The van der Waals surface area contributed by atoms with Crippen molar-refractivity contribution in [1.29, 1.82) is 0 Å². The second-order valence-electron chi connectivity index (χ2n) is 6.61. The number of hydrogen-bond donors (Lipinski definition) is 2. The number of rotatable bonds is 3. The molecule has 1 aliphatic heterocycles. The number of aryl methyl sites for hydroxylation is 3. The molecule has 1 fully saturated rings. The molecule has 0 bridgehead atoms. The number of nitrogens with zero attached hydrogens (tertiary/aromatic N) is 1. The van der Waals surface area contributed by atoms with Crippen LogP contribution in [0.25, 0.3) is 0 Å². The van der Waals surface area contributed by atoms with Crippen LogP contribution in [0.4, 0.5) is 16.2 Å². The average Bonchev–Trinajstić information content (AvgIpc) is 2.92. The lowest BCUT2D eigenvalue weighted by atomic mass is 10.1. The summed E-state index contributed by atoms with van der Waals surface area (Å²) in [7, 11) is 0. The van der Waals surface area contributed by atoms with E-state index in [1.807, 2.05) is 63.2 Å². The maximum atomic E-state index is 12.4. The normalized spacial score (nSPS) is 16.8. The SMILES string of the molecule is Cc1cc(C)c(NC(=O)NC2CC(=O)N(c3ccccc3)C2)c(C)c1. The largest absolute Gasteiger partial charge is 0.333 e. The molecular formula is C20H23N3O2. The minimum atomic E-state index is -0.275. The van der Waals surface area contributed by atoms with Gasteiger partial charge >= 0.3 is 6.03 Å². The van der Waals surface area contributed by atoms with Gasteiger partial charge in [0.15, 0.2) is 0 Å². The number of urea groups is 1. The van der Waals surface area contributed by atoms with Crippen molar-refractivity contribution in [1.82, 2.24) is 5.32 Å². The number of benzene rings is 2. The number of para-hydroxylation sites is 1.